The highest BCUT2D eigenvalue weighted by atomic mass is 32.2. The zero-order valence-corrected chi connectivity index (χ0v) is 22.7. The minimum Gasteiger partial charge on any atom is -0.342 e. The van der Waals surface area contributed by atoms with Crippen LogP contribution >= 0.6 is 0 Å². The van der Waals surface area contributed by atoms with Crippen molar-refractivity contribution in [1.82, 2.24) is 14.1 Å². The number of rotatable bonds is 10. The number of carbonyl (C=O) groups is 2. The molecule has 2 fully saturated rings. The van der Waals surface area contributed by atoms with Crippen LogP contribution in [0.25, 0.3) is 0 Å². The average Bonchev–Trinajstić information content (AvgIpc) is 3.37. The molecule has 1 saturated carbocycles. The number of carbonyl (C=O) groups excluding carboxylic acids is 2. The second-order valence-corrected chi connectivity index (χ2v) is 12.9. The standard InChI is InChI=1S/C27H43N3O4S/c1-5-35(33,34)29(18-21(2)3)20-26(31)30(19-23-12-10-22(4)11-13-23)25-14-16-28(17-15-25)27(32)24-8-6-7-9-24/h10-13,21,24-25H,5-9,14-20H2,1-4H3. The molecule has 2 amide bonds. The van der Waals surface area contributed by atoms with Gasteiger partial charge < -0.3 is 9.80 Å². The number of benzene rings is 1. The van der Waals surface area contributed by atoms with Crippen LogP contribution in [0.1, 0.15) is 70.4 Å². The molecule has 1 aromatic rings. The maximum atomic E-state index is 13.6. The predicted molar refractivity (Wildman–Crippen MR) is 139 cm³/mol. The van der Waals surface area contributed by atoms with Crippen LogP contribution in [0.3, 0.4) is 0 Å². The molecule has 0 radical (unpaired) electrons. The van der Waals surface area contributed by atoms with E-state index in [1.54, 1.807) is 6.92 Å². The third-order valence-electron chi connectivity index (χ3n) is 7.35. The summed E-state index contributed by atoms with van der Waals surface area (Å²) in [5, 5.41) is 0. The van der Waals surface area contributed by atoms with Crippen LogP contribution < -0.4 is 0 Å². The maximum absolute atomic E-state index is 13.6. The SMILES string of the molecule is CCS(=O)(=O)N(CC(=O)N(Cc1ccc(C)cc1)C1CCN(C(=O)C2CCCC2)CC1)CC(C)C. The fraction of sp³-hybridized carbons (Fsp3) is 0.704. The zero-order chi connectivity index (χ0) is 25.6. The molecular formula is C27H43N3O4S. The molecule has 3 rings (SSSR count). The van der Waals surface area contributed by atoms with Gasteiger partial charge >= 0.3 is 0 Å². The topological polar surface area (TPSA) is 78.0 Å². The summed E-state index contributed by atoms with van der Waals surface area (Å²) in [4.78, 5) is 30.4. The molecular weight excluding hydrogens is 462 g/mol. The summed E-state index contributed by atoms with van der Waals surface area (Å²) >= 11 is 0. The van der Waals surface area contributed by atoms with E-state index in [2.05, 4.69) is 0 Å². The van der Waals surface area contributed by atoms with Crippen molar-refractivity contribution in [3.63, 3.8) is 0 Å². The number of hydrogen-bond acceptors (Lipinski definition) is 4. The zero-order valence-electron chi connectivity index (χ0n) is 21.9. The second-order valence-electron chi connectivity index (χ2n) is 10.6. The Bertz CT molecular complexity index is 947. The number of amides is 2. The van der Waals surface area contributed by atoms with Crippen LogP contribution in [0, 0.1) is 18.8 Å². The van der Waals surface area contributed by atoms with Crippen LogP contribution in [0.5, 0.6) is 0 Å². The molecule has 1 aromatic carbocycles. The van der Waals surface area contributed by atoms with Gasteiger partial charge in [-0.15, -0.1) is 0 Å². The summed E-state index contributed by atoms with van der Waals surface area (Å²) in [6.07, 6.45) is 5.71. The van der Waals surface area contributed by atoms with E-state index in [1.165, 1.54) is 4.31 Å². The molecule has 0 bridgehead atoms. The predicted octanol–water partition coefficient (Wildman–Crippen LogP) is 3.81. The molecule has 0 spiro atoms. The molecule has 1 heterocycles. The van der Waals surface area contributed by atoms with Crippen molar-refractivity contribution in [2.24, 2.45) is 11.8 Å². The van der Waals surface area contributed by atoms with Gasteiger partial charge in [0.2, 0.25) is 21.8 Å². The van der Waals surface area contributed by atoms with Crippen LogP contribution in [0.4, 0.5) is 0 Å². The molecule has 35 heavy (non-hydrogen) atoms. The van der Waals surface area contributed by atoms with Gasteiger partial charge in [-0.25, -0.2) is 8.42 Å². The Kier molecular flexibility index (Phi) is 9.76. The Labute approximate surface area is 211 Å². The Morgan fingerprint density at radius 1 is 1.03 bits per heavy atom. The van der Waals surface area contributed by atoms with Gasteiger partial charge in [0.25, 0.3) is 0 Å². The summed E-state index contributed by atoms with van der Waals surface area (Å²) in [6, 6.07) is 8.12. The van der Waals surface area contributed by atoms with E-state index >= 15 is 0 Å². The van der Waals surface area contributed by atoms with Gasteiger partial charge in [0, 0.05) is 38.1 Å². The van der Waals surface area contributed by atoms with E-state index in [0.717, 1.165) is 49.7 Å². The van der Waals surface area contributed by atoms with Gasteiger partial charge in [-0.05, 0) is 51.0 Å². The molecule has 2 aliphatic rings. The minimum atomic E-state index is -3.49. The van der Waals surface area contributed by atoms with Crippen LogP contribution in [0.15, 0.2) is 24.3 Å². The van der Waals surface area contributed by atoms with Crippen LogP contribution in [0.2, 0.25) is 0 Å². The van der Waals surface area contributed by atoms with Crippen LogP contribution in [-0.2, 0) is 26.2 Å². The van der Waals surface area contributed by atoms with E-state index in [4.69, 9.17) is 0 Å². The lowest BCUT2D eigenvalue weighted by Crippen LogP contribution is -2.52. The molecule has 0 N–H and O–H groups in total. The first kappa shape index (κ1) is 27.7. The molecule has 7 nitrogen and oxygen atoms in total. The summed E-state index contributed by atoms with van der Waals surface area (Å²) in [5.74, 6) is 0.380. The molecule has 0 unspecified atom stereocenters. The normalized spacial score (nSPS) is 17.9. The number of piperidine rings is 1. The fourth-order valence-electron chi connectivity index (χ4n) is 5.25. The van der Waals surface area contributed by atoms with Gasteiger partial charge in [0.15, 0.2) is 0 Å². The minimum absolute atomic E-state index is 0.0124. The summed E-state index contributed by atoms with van der Waals surface area (Å²) in [7, 11) is -3.49. The van der Waals surface area contributed by atoms with Crippen molar-refractivity contribution in [3.05, 3.63) is 35.4 Å². The van der Waals surface area contributed by atoms with Gasteiger partial charge in [0.05, 0.1) is 12.3 Å². The average molecular weight is 506 g/mol. The number of likely N-dealkylation sites (tertiary alicyclic amines) is 1. The molecule has 1 aliphatic heterocycles. The lowest BCUT2D eigenvalue weighted by Gasteiger charge is -2.40. The Morgan fingerprint density at radius 2 is 1.63 bits per heavy atom. The molecule has 1 saturated heterocycles. The van der Waals surface area contributed by atoms with Crippen molar-refractivity contribution in [2.75, 3.05) is 31.9 Å². The van der Waals surface area contributed by atoms with Crippen LogP contribution in [-0.4, -0.2) is 72.3 Å². The molecule has 1 aliphatic carbocycles. The van der Waals surface area contributed by atoms with E-state index < -0.39 is 10.0 Å². The summed E-state index contributed by atoms with van der Waals surface area (Å²) in [5.41, 5.74) is 2.18. The lowest BCUT2D eigenvalue weighted by atomic mass is 9.99. The highest BCUT2D eigenvalue weighted by Crippen LogP contribution is 2.29. The summed E-state index contributed by atoms with van der Waals surface area (Å²) in [6.45, 7) is 9.52. The highest BCUT2D eigenvalue weighted by molar-refractivity contribution is 7.89. The second kappa shape index (κ2) is 12.3. The first-order valence-corrected chi connectivity index (χ1v) is 14.8. The third kappa shape index (κ3) is 7.53. The fourth-order valence-corrected chi connectivity index (χ4v) is 6.45. The van der Waals surface area contributed by atoms with E-state index in [0.29, 0.717) is 26.2 Å². The van der Waals surface area contributed by atoms with Crippen molar-refractivity contribution < 1.29 is 18.0 Å². The first-order valence-electron chi connectivity index (χ1n) is 13.2. The smallest absolute Gasteiger partial charge is 0.238 e. The molecule has 8 heteroatoms. The van der Waals surface area contributed by atoms with Gasteiger partial charge in [-0.1, -0.05) is 56.5 Å². The van der Waals surface area contributed by atoms with Crippen molar-refractivity contribution in [2.45, 2.75) is 78.8 Å². The number of nitrogens with zero attached hydrogens (tertiary/aromatic N) is 3. The van der Waals surface area contributed by atoms with Crippen molar-refractivity contribution >= 4 is 21.8 Å². The summed E-state index contributed by atoms with van der Waals surface area (Å²) < 4.78 is 26.8. The maximum Gasteiger partial charge on any atom is 0.238 e. The number of hydrogen-bond donors (Lipinski definition) is 0. The molecule has 0 aromatic heterocycles. The first-order chi connectivity index (χ1) is 16.6. The molecule has 196 valence electrons. The lowest BCUT2D eigenvalue weighted by molar-refractivity contribution is -0.139. The van der Waals surface area contributed by atoms with Gasteiger partial charge in [0.1, 0.15) is 0 Å². The monoisotopic (exact) mass is 505 g/mol. The Morgan fingerprint density at radius 3 is 2.17 bits per heavy atom. The number of aryl methyl sites for hydroxylation is 1. The van der Waals surface area contributed by atoms with Crippen molar-refractivity contribution in [1.29, 1.82) is 0 Å². The third-order valence-corrected chi connectivity index (χ3v) is 9.15. The Hall–Kier alpha value is -1.93. The quantitative estimate of drug-likeness (QED) is 0.484. The van der Waals surface area contributed by atoms with Gasteiger partial charge in [-0.3, -0.25) is 9.59 Å². The molecule has 0 atom stereocenters. The van der Waals surface area contributed by atoms with E-state index in [1.807, 2.05) is 54.8 Å². The number of sulfonamides is 1. The van der Waals surface area contributed by atoms with E-state index in [-0.39, 0.29) is 42.0 Å². The van der Waals surface area contributed by atoms with Gasteiger partial charge in [-0.2, -0.15) is 4.31 Å². The van der Waals surface area contributed by atoms with E-state index in [9.17, 15) is 18.0 Å². The largest absolute Gasteiger partial charge is 0.342 e. The Balaban J connectivity index is 1.75. The van der Waals surface area contributed by atoms with Crippen molar-refractivity contribution in [3.8, 4) is 0 Å². The highest BCUT2D eigenvalue weighted by Gasteiger charge is 2.34.